The number of aliphatic hydroxyl groups is 1. The normalized spacial score (nSPS) is 13.5. The zero-order valence-corrected chi connectivity index (χ0v) is 14.4. The Hall–Kier alpha value is -1.65. The lowest BCUT2D eigenvalue weighted by Crippen LogP contribution is -2.40. The molecular formula is C15H12ClF6NO2S. The molecule has 144 valence electrons. The SMILES string of the molecule is O[C@@H](CN(Cc1ccc(Cl)s1)c1cccc(OC(F)(F)F)c1)C(F)(F)F. The molecule has 0 amide bonds. The van der Waals surface area contributed by atoms with Gasteiger partial charge in [-0.05, 0) is 24.3 Å². The van der Waals surface area contributed by atoms with Crippen molar-refractivity contribution in [1.29, 1.82) is 0 Å². The second kappa shape index (κ2) is 7.93. The minimum absolute atomic E-state index is 0.0274. The average molecular weight is 420 g/mol. The molecule has 11 heteroatoms. The van der Waals surface area contributed by atoms with Crippen molar-refractivity contribution in [3.8, 4) is 5.75 Å². The molecule has 3 nitrogen and oxygen atoms in total. The van der Waals surface area contributed by atoms with Crippen molar-refractivity contribution in [1.82, 2.24) is 0 Å². The largest absolute Gasteiger partial charge is 0.573 e. The summed E-state index contributed by atoms with van der Waals surface area (Å²) in [5, 5.41) is 9.36. The first kappa shape index (κ1) is 20.7. The third-order valence-corrected chi connectivity index (χ3v) is 4.38. The van der Waals surface area contributed by atoms with Crippen LogP contribution in [0, 0.1) is 0 Å². The van der Waals surface area contributed by atoms with Crippen LogP contribution in [0.3, 0.4) is 0 Å². The van der Waals surface area contributed by atoms with Crippen LogP contribution in [0.2, 0.25) is 4.34 Å². The minimum atomic E-state index is -4.93. The fourth-order valence-electron chi connectivity index (χ4n) is 2.08. The van der Waals surface area contributed by atoms with Gasteiger partial charge in [-0.2, -0.15) is 13.2 Å². The van der Waals surface area contributed by atoms with E-state index in [1.165, 1.54) is 12.1 Å². The van der Waals surface area contributed by atoms with E-state index in [4.69, 9.17) is 11.6 Å². The molecule has 2 rings (SSSR count). The number of alkyl halides is 6. The Bertz CT molecular complexity index is 733. The lowest BCUT2D eigenvalue weighted by molar-refractivity contribution is -0.274. The van der Waals surface area contributed by atoms with E-state index in [1.807, 2.05) is 0 Å². The molecule has 1 aromatic carbocycles. The van der Waals surface area contributed by atoms with Gasteiger partial charge < -0.3 is 14.7 Å². The van der Waals surface area contributed by atoms with Crippen molar-refractivity contribution in [3.63, 3.8) is 0 Å². The van der Waals surface area contributed by atoms with Crippen molar-refractivity contribution in [2.75, 3.05) is 11.4 Å². The molecule has 0 aliphatic heterocycles. The molecule has 1 heterocycles. The summed E-state index contributed by atoms with van der Waals surface area (Å²) in [5.41, 5.74) is 0.0274. The lowest BCUT2D eigenvalue weighted by atomic mass is 10.2. The van der Waals surface area contributed by atoms with E-state index in [0.717, 1.165) is 28.4 Å². The predicted molar refractivity (Wildman–Crippen MR) is 85.6 cm³/mol. The Labute approximate surface area is 153 Å². The van der Waals surface area contributed by atoms with Crippen molar-refractivity contribution in [2.45, 2.75) is 25.2 Å². The molecule has 0 fully saturated rings. The first-order valence-electron chi connectivity index (χ1n) is 7.04. The summed E-state index contributed by atoms with van der Waals surface area (Å²) < 4.78 is 79.4. The van der Waals surface area contributed by atoms with Crippen LogP contribution < -0.4 is 9.64 Å². The summed E-state index contributed by atoms with van der Waals surface area (Å²) in [5.74, 6) is -0.578. The highest BCUT2D eigenvalue weighted by Crippen LogP contribution is 2.31. The van der Waals surface area contributed by atoms with E-state index in [9.17, 15) is 31.4 Å². The van der Waals surface area contributed by atoms with E-state index >= 15 is 0 Å². The quantitative estimate of drug-likeness (QED) is 0.651. The Morgan fingerprint density at radius 2 is 1.81 bits per heavy atom. The molecular weight excluding hydrogens is 408 g/mol. The van der Waals surface area contributed by atoms with Gasteiger partial charge in [0.2, 0.25) is 0 Å². The third kappa shape index (κ3) is 6.26. The predicted octanol–water partition coefficient (Wildman–Crippen LogP) is 5.23. The Kier molecular flexibility index (Phi) is 6.30. The fraction of sp³-hybridized carbons (Fsp3) is 0.333. The molecule has 0 unspecified atom stereocenters. The average Bonchev–Trinajstić information content (AvgIpc) is 2.89. The van der Waals surface area contributed by atoms with Crippen LogP contribution in [0.1, 0.15) is 4.88 Å². The lowest BCUT2D eigenvalue weighted by Gasteiger charge is -2.28. The molecule has 0 aliphatic carbocycles. The molecule has 0 aliphatic rings. The van der Waals surface area contributed by atoms with Gasteiger partial charge in [0.25, 0.3) is 0 Å². The number of rotatable bonds is 6. The first-order valence-corrected chi connectivity index (χ1v) is 8.23. The summed E-state index contributed by atoms with van der Waals surface area (Å²) in [4.78, 5) is 1.68. The van der Waals surface area contributed by atoms with Gasteiger partial charge in [-0.15, -0.1) is 24.5 Å². The molecule has 0 spiro atoms. The number of hydrogen-bond donors (Lipinski definition) is 1. The number of thiophene rings is 1. The van der Waals surface area contributed by atoms with Crippen LogP contribution in [0.5, 0.6) is 5.75 Å². The number of halogens is 7. The number of hydrogen-bond acceptors (Lipinski definition) is 4. The van der Waals surface area contributed by atoms with Gasteiger partial charge in [0.05, 0.1) is 17.4 Å². The van der Waals surface area contributed by atoms with E-state index in [0.29, 0.717) is 9.21 Å². The Morgan fingerprint density at radius 3 is 2.35 bits per heavy atom. The maximum absolute atomic E-state index is 12.7. The number of nitrogens with zero attached hydrogens (tertiary/aromatic N) is 1. The molecule has 26 heavy (non-hydrogen) atoms. The van der Waals surface area contributed by atoms with Gasteiger partial charge >= 0.3 is 12.5 Å². The molecule has 0 radical (unpaired) electrons. The molecule has 1 atom stereocenters. The fourth-order valence-corrected chi connectivity index (χ4v) is 3.18. The number of ether oxygens (including phenoxy) is 1. The topological polar surface area (TPSA) is 32.7 Å². The summed E-state index contributed by atoms with van der Waals surface area (Å²) in [6.45, 7) is -0.950. The molecule has 1 N–H and O–H groups in total. The van der Waals surface area contributed by atoms with E-state index in [2.05, 4.69) is 4.74 Å². The highest BCUT2D eigenvalue weighted by atomic mass is 35.5. The molecule has 2 aromatic rings. The maximum Gasteiger partial charge on any atom is 0.573 e. The van der Waals surface area contributed by atoms with Crippen LogP contribution in [-0.4, -0.2) is 30.3 Å². The molecule has 0 bridgehead atoms. The standard InChI is InChI=1S/C15H12ClF6NO2S/c16-13-5-4-11(26-13)7-23(8-12(24)14(17,18)19)9-2-1-3-10(6-9)25-15(20,21)22/h1-6,12,24H,7-8H2/t12-/m0/s1. The van der Waals surface area contributed by atoms with Gasteiger partial charge in [-0.25, -0.2) is 0 Å². The van der Waals surface area contributed by atoms with Crippen LogP contribution in [0.4, 0.5) is 32.0 Å². The molecule has 0 saturated heterocycles. The molecule has 0 saturated carbocycles. The number of benzene rings is 1. The van der Waals surface area contributed by atoms with Crippen molar-refractivity contribution >= 4 is 28.6 Å². The van der Waals surface area contributed by atoms with Gasteiger partial charge in [0, 0.05) is 16.6 Å². The van der Waals surface area contributed by atoms with E-state index < -0.39 is 30.9 Å². The van der Waals surface area contributed by atoms with E-state index in [-0.39, 0.29) is 12.2 Å². The minimum Gasteiger partial charge on any atom is -0.406 e. The zero-order valence-electron chi connectivity index (χ0n) is 12.8. The summed E-state index contributed by atoms with van der Waals surface area (Å²) in [6, 6.07) is 7.63. The monoisotopic (exact) mass is 419 g/mol. The van der Waals surface area contributed by atoms with Crippen molar-refractivity contribution < 1.29 is 36.2 Å². The van der Waals surface area contributed by atoms with Crippen LogP contribution in [0.25, 0.3) is 0 Å². The van der Waals surface area contributed by atoms with Crippen LogP contribution in [-0.2, 0) is 6.54 Å². The van der Waals surface area contributed by atoms with Crippen molar-refractivity contribution in [3.05, 3.63) is 45.6 Å². The second-order valence-electron chi connectivity index (χ2n) is 5.19. The van der Waals surface area contributed by atoms with Crippen LogP contribution in [0.15, 0.2) is 36.4 Å². The van der Waals surface area contributed by atoms with Crippen LogP contribution >= 0.6 is 22.9 Å². The maximum atomic E-state index is 12.7. The Balaban J connectivity index is 2.28. The van der Waals surface area contributed by atoms with E-state index in [1.54, 1.807) is 12.1 Å². The molecule has 1 aromatic heterocycles. The summed E-state index contributed by atoms with van der Waals surface area (Å²) in [7, 11) is 0. The zero-order chi connectivity index (χ0) is 19.5. The number of anilines is 1. The van der Waals surface area contributed by atoms with Crippen molar-refractivity contribution in [2.24, 2.45) is 0 Å². The highest BCUT2D eigenvalue weighted by molar-refractivity contribution is 7.16. The van der Waals surface area contributed by atoms with Gasteiger partial charge in [-0.1, -0.05) is 17.7 Å². The smallest absolute Gasteiger partial charge is 0.406 e. The highest BCUT2D eigenvalue weighted by Gasteiger charge is 2.39. The third-order valence-electron chi connectivity index (χ3n) is 3.16. The van der Waals surface area contributed by atoms with Gasteiger partial charge in [0.15, 0.2) is 6.10 Å². The number of aliphatic hydroxyl groups excluding tert-OH is 1. The second-order valence-corrected chi connectivity index (χ2v) is 6.99. The van der Waals surface area contributed by atoms with Gasteiger partial charge in [-0.3, -0.25) is 0 Å². The summed E-state index contributed by atoms with van der Waals surface area (Å²) in [6.07, 6.45) is -12.5. The summed E-state index contributed by atoms with van der Waals surface area (Å²) >= 11 is 6.90. The first-order chi connectivity index (χ1) is 11.9. The Morgan fingerprint density at radius 1 is 1.12 bits per heavy atom. The van der Waals surface area contributed by atoms with Gasteiger partial charge in [0.1, 0.15) is 5.75 Å².